The first-order valence-corrected chi connectivity index (χ1v) is 10.8. The Bertz CT molecular complexity index is 1210. The summed E-state index contributed by atoms with van der Waals surface area (Å²) in [7, 11) is -3.70. The molecule has 0 atom stereocenters. The number of carbonyl (C=O) groups is 2. The molecule has 1 fully saturated rings. The highest BCUT2D eigenvalue weighted by atomic mass is 32.2. The van der Waals surface area contributed by atoms with Crippen molar-refractivity contribution in [3.05, 3.63) is 84.4 Å². The van der Waals surface area contributed by atoms with E-state index in [1.807, 2.05) is 18.2 Å². The van der Waals surface area contributed by atoms with Crippen molar-refractivity contribution in [3.63, 3.8) is 0 Å². The van der Waals surface area contributed by atoms with Crippen molar-refractivity contribution >= 4 is 33.2 Å². The molecule has 2 amide bonds. The molecule has 1 aliphatic heterocycles. The van der Waals surface area contributed by atoms with Gasteiger partial charge in [-0.1, -0.05) is 36.4 Å². The number of amides is 2. The maximum Gasteiger partial charge on any atom is 0.255 e. The van der Waals surface area contributed by atoms with E-state index in [9.17, 15) is 18.0 Å². The SMILES string of the molecule is O=C(Nc1ccccc1Oc1ccccc1)c1cccc(N2C(=O)CCS2(=O)=O)c1. The Balaban J connectivity index is 1.58. The molecule has 1 N–H and O–H groups in total. The summed E-state index contributed by atoms with van der Waals surface area (Å²) in [6, 6.07) is 22.1. The first-order chi connectivity index (χ1) is 14.4. The third-order valence-electron chi connectivity index (χ3n) is 4.53. The zero-order chi connectivity index (χ0) is 21.1. The topological polar surface area (TPSA) is 92.8 Å². The highest BCUT2D eigenvalue weighted by molar-refractivity contribution is 7.94. The van der Waals surface area contributed by atoms with Crippen LogP contribution in [0.5, 0.6) is 11.5 Å². The van der Waals surface area contributed by atoms with Crippen LogP contribution >= 0.6 is 0 Å². The van der Waals surface area contributed by atoms with E-state index in [0.717, 1.165) is 4.31 Å². The monoisotopic (exact) mass is 422 g/mol. The summed E-state index contributed by atoms with van der Waals surface area (Å²) >= 11 is 0. The molecule has 30 heavy (non-hydrogen) atoms. The number of rotatable bonds is 5. The second-order valence-electron chi connectivity index (χ2n) is 6.64. The number of nitrogens with zero attached hydrogens (tertiary/aromatic N) is 1. The number of nitrogens with one attached hydrogen (secondary N) is 1. The molecule has 1 saturated heterocycles. The fraction of sp³-hybridized carbons (Fsp3) is 0.0909. The average molecular weight is 422 g/mol. The molecular weight excluding hydrogens is 404 g/mol. The smallest absolute Gasteiger partial charge is 0.255 e. The van der Waals surface area contributed by atoms with Gasteiger partial charge in [-0.15, -0.1) is 0 Å². The number of benzene rings is 3. The third-order valence-corrected chi connectivity index (χ3v) is 6.22. The molecule has 0 saturated carbocycles. The fourth-order valence-electron chi connectivity index (χ4n) is 3.11. The van der Waals surface area contributed by atoms with Gasteiger partial charge in [-0.3, -0.25) is 9.59 Å². The van der Waals surface area contributed by atoms with E-state index < -0.39 is 21.8 Å². The maximum atomic E-state index is 12.8. The largest absolute Gasteiger partial charge is 0.455 e. The summed E-state index contributed by atoms with van der Waals surface area (Å²) in [5.74, 6) is -0.101. The minimum atomic E-state index is -3.70. The van der Waals surface area contributed by atoms with Crippen molar-refractivity contribution in [2.24, 2.45) is 0 Å². The fourth-order valence-corrected chi connectivity index (χ4v) is 4.56. The van der Waals surface area contributed by atoms with E-state index in [1.54, 1.807) is 42.5 Å². The van der Waals surface area contributed by atoms with Gasteiger partial charge in [0.15, 0.2) is 5.75 Å². The number of hydrogen-bond donors (Lipinski definition) is 1. The lowest BCUT2D eigenvalue weighted by molar-refractivity contribution is -0.116. The minimum Gasteiger partial charge on any atom is -0.455 e. The number of carbonyl (C=O) groups excluding carboxylic acids is 2. The number of hydrogen-bond acceptors (Lipinski definition) is 5. The molecule has 1 heterocycles. The number of sulfonamides is 1. The zero-order valence-corrected chi connectivity index (χ0v) is 16.6. The molecule has 1 aliphatic rings. The van der Waals surface area contributed by atoms with Gasteiger partial charge < -0.3 is 10.1 Å². The Morgan fingerprint density at radius 3 is 2.40 bits per heavy atom. The van der Waals surface area contributed by atoms with Crippen LogP contribution in [0.3, 0.4) is 0 Å². The quantitative estimate of drug-likeness (QED) is 0.675. The predicted molar refractivity (Wildman–Crippen MR) is 113 cm³/mol. The molecule has 0 bridgehead atoms. The van der Waals surface area contributed by atoms with Crippen molar-refractivity contribution in [1.82, 2.24) is 0 Å². The minimum absolute atomic E-state index is 0.0665. The highest BCUT2D eigenvalue weighted by Crippen LogP contribution is 2.30. The van der Waals surface area contributed by atoms with Crippen molar-refractivity contribution in [1.29, 1.82) is 0 Å². The van der Waals surface area contributed by atoms with Gasteiger partial charge in [0, 0.05) is 12.0 Å². The summed E-state index contributed by atoms with van der Waals surface area (Å²) in [6.07, 6.45) is -0.0665. The van der Waals surface area contributed by atoms with Crippen LogP contribution in [0.4, 0.5) is 11.4 Å². The lowest BCUT2D eigenvalue weighted by Gasteiger charge is -2.16. The van der Waals surface area contributed by atoms with Crippen molar-refractivity contribution in [3.8, 4) is 11.5 Å². The van der Waals surface area contributed by atoms with Crippen LogP contribution in [0.15, 0.2) is 78.9 Å². The van der Waals surface area contributed by atoms with Crippen molar-refractivity contribution in [2.45, 2.75) is 6.42 Å². The second-order valence-corrected chi connectivity index (χ2v) is 8.58. The maximum absolute atomic E-state index is 12.8. The van der Waals surface area contributed by atoms with Crippen LogP contribution in [-0.4, -0.2) is 26.0 Å². The number of para-hydroxylation sites is 3. The molecule has 3 aromatic carbocycles. The van der Waals surface area contributed by atoms with Gasteiger partial charge in [-0.25, -0.2) is 12.7 Å². The Labute approximate surface area is 174 Å². The summed E-state index contributed by atoms with van der Waals surface area (Å²) in [5.41, 5.74) is 0.831. The van der Waals surface area contributed by atoms with E-state index >= 15 is 0 Å². The lowest BCUT2D eigenvalue weighted by atomic mass is 10.1. The van der Waals surface area contributed by atoms with Gasteiger partial charge in [-0.2, -0.15) is 0 Å². The molecule has 0 unspecified atom stereocenters. The zero-order valence-electron chi connectivity index (χ0n) is 15.8. The average Bonchev–Trinajstić information content (AvgIpc) is 3.02. The van der Waals surface area contributed by atoms with E-state index in [1.165, 1.54) is 18.2 Å². The van der Waals surface area contributed by atoms with Gasteiger partial charge >= 0.3 is 0 Å². The molecular formula is C22H18N2O5S. The van der Waals surface area contributed by atoms with E-state index in [4.69, 9.17) is 4.74 Å². The van der Waals surface area contributed by atoms with Gasteiger partial charge in [0.1, 0.15) is 5.75 Å². The van der Waals surface area contributed by atoms with Gasteiger partial charge in [0.25, 0.3) is 5.91 Å². The highest BCUT2D eigenvalue weighted by Gasteiger charge is 2.36. The molecule has 0 radical (unpaired) electrons. The molecule has 0 aliphatic carbocycles. The number of anilines is 2. The Kier molecular flexibility index (Phi) is 5.24. The van der Waals surface area contributed by atoms with Crippen LogP contribution < -0.4 is 14.4 Å². The third kappa shape index (κ3) is 4.04. The van der Waals surface area contributed by atoms with E-state index in [2.05, 4.69) is 5.32 Å². The number of ether oxygens (including phenoxy) is 1. The van der Waals surface area contributed by atoms with Crippen LogP contribution in [0.2, 0.25) is 0 Å². The Morgan fingerprint density at radius 1 is 0.933 bits per heavy atom. The van der Waals surface area contributed by atoms with Gasteiger partial charge in [0.2, 0.25) is 15.9 Å². The van der Waals surface area contributed by atoms with Crippen LogP contribution in [-0.2, 0) is 14.8 Å². The standard InChI is InChI=1S/C22H18N2O5S/c25-21-13-14-30(27,28)24(21)17-8-6-7-16(15-17)22(26)23-19-11-4-5-12-20(19)29-18-9-2-1-3-10-18/h1-12,15H,13-14H2,(H,23,26). The summed E-state index contributed by atoms with van der Waals surface area (Å²) < 4.78 is 30.9. The summed E-state index contributed by atoms with van der Waals surface area (Å²) in [4.78, 5) is 24.8. The lowest BCUT2D eigenvalue weighted by Crippen LogP contribution is -2.29. The molecule has 0 aromatic heterocycles. The van der Waals surface area contributed by atoms with Gasteiger partial charge in [0.05, 0.1) is 17.1 Å². The van der Waals surface area contributed by atoms with E-state index in [0.29, 0.717) is 17.2 Å². The molecule has 3 aromatic rings. The first kappa shape index (κ1) is 19.7. The summed E-state index contributed by atoms with van der Waals surface area (Å²) in [6.45, 7) is 0. The normalized spacial score (nSPS) is 15.1. The molecule has 152 valence electrons. The van der Waals surface area contributed by atoms with E-state index in [-0.39, 0.29) is 23.4 Å². The van der Waals surface area contributed by atoms with Crippen molar-refractivity contribution < 1.29 is 22.7 Å². The Morgan fingerprint density at radius 2 is 1.67 bits per heavy atom. The molecule has 8 heteroatoms. The van der Waals surface area contributed by atoms with Crippen LogP contribution in [0.1, 0.15) is 16.8 Å². The Hall–Kier alpha value is -3.65. The molecule has 4 rings (SSSR count). The van der Waals surface area contributed by atoms with Gasteiger partial charge in [-0.05, 0) is 42.5 Å². The molecule has 7 nitrogen and oxygen atoms in total. The summed E-state index contributed by atoms with van der Waals surface area (Å²) in [5, 5.41) is 2.78. The molecule has 0 spiro atoms. The predicted octanol–water partition coefficient (Wildman–Crippen LogP) is 3.80. The van der Waals surface area contributed by atoms with Crippen LogP contribution in [0, 0.1) is 0 Å². The first-order valence-electron chi connectivity index (χ1n) is 9.23. The second kappa shape index (κ2) is 8.00. The van der Waals surface area contributed by atoms with Crippen LogP contribution in [0.25, 0.3) is 0 Å². The van der Waals surface area contributed by atoms with Crippen molar-refractivity contribution in [2.75, 3.05) is 15.4 Å².